The van der Waals surface area contributed by atoms with Gasteiger partial charge in [-0.15, -0.1) is 5.10 Å². The molecule has 0 bridgehead atoms. The lowest BCUT2D eigenvalue weighted by molar-refractivity contribution is -0.145. The molecule has 5 heteroatoms. The second-order valence-corrected chi connectivity index (χ2v) is 5.05. The fourth-order valence-electron chi connectivity index (χ4n) is 2.30. The molecule has 3 rings (SSSR count). The zero-order valence-electron chi connectivity index (χ0n) is 11.9. The maximum Gasteiger partial charge on any atom is 0.309 e. The molecular formula is C17H15N3O2. The smallest absolute Gasteiger partial charge is 0.309 e. The molecule has 0 fully saturated rings. The zero-order valence-corrected chi connectivity index (χ0v) is 11.9. The van der Waals surface area contributed by atoms with Crippen molar-refractivity contribution in [3.8, 4) is 0 Å². The first kappa shape index (κ1) is 14.1. The third-order valence-corrected chi connectivity index (χ3v) is 3.48. The van der Waals surface area contributed by atoms with Gasteiger partial charge in [0.15, 0.2) is 5.54 Å². The molecule has 0 radical (unpaired) electrons. The summed E-state index contributed by atoms with van der Waals surface area (Å²) in [7, 11) is 0. The number of ether oxygens (including phenoxy) is 1. The second kappa shape index (κ2) is 6.30. The molecular weight excluding hydrogens is 278 g/mol. The molecule has 22 heavy (non-hydrogen) atoms. The van der Waals surface area contributed by atoms with Gasteiger partial charge in [-0.1, -0.05) is 60.7 Å². The number of hydrogen-bond acceptors (Lipinski definition) is 5. The summed E-state index contributed by atoms with van der Waals surface area (Å²) >= 11 is 0. The average Bonchev–Trinajstić information content (AvgIpc) is 3.04. The molecule has 2 aromatic rings. The molecule has 1 aliphatic rings. The van der Waals surface area contributed by atoms with Crippen LogP contribution in [0.4, 0.5) is 0 Å². The fourth-order valence-corrected chi connectivity index (χ4v) is 2.30. The number of esters is 1. The molecule has 1 heterocycles. The van der Waals surface area contributed by atoms with Gasteiger partial charge in [-0.3, -0.25) is 4.79 Å². The van der Waals surface area contributed by atoms with Crippen molar-refractivity contribution in [1.82, 2.24) is 0 Å². The van der Waals surface area contributed by atoms with Gasteiger partial charge in [0, 0.05) is 0 Å². The number of hydrogen-bond donors (Lipinski definition) is 0. The Balaban J connectivity index is 1.69. The van der Waals surface area contributed by atoms with Crippen LogP contribution in [0.2, 0.25) is 0 Å². The molecule has 2 aromatic carbocycles. The highest BCUT2D eigenvalue weighted by Gasteiger charge is 2.36. The molecule has 0 saturated carbocycles. The van der Waals surface area contributed by atoms with Gasteiger partial charge in [0.1, 0.15) is 6.61 Å². The Hall–Kier alpha value is -2.82. The Morgan fingerprint density at radius 3 is 2.32 bits per heavy atom. The third-order valence-electron chi connectivity index (χ3n) is 3.48. The van der Waals surface area contributed by atoms with Crippen LogP contribution in [0.3, 0.4) is 0 Å². The maximum absolute atomic E-state index is 12.2. The summed E-state index contributed by atoms with van der Waals surface area (Å²) in [6, 6.07) is 19.1. The number of nitrogens with zero attached hydrogens (tertiary/aromatic N) is 3. The fraction of sp³-hybridized carbons (Fsp3) is 0.176. The van der Waals surface area contributed by atoms with E-state index in [1.807, 2.05) is 60.7 Å². The summed E-state index contributed by atoms with van der Waals surface area (Å²) in [5.74, 6) is -0.333. The van der Waals surface area contributed by atoms with Crippen LogP contribution in [-0.2, 0) is 21.7 Å². The van der Waals surface area contributed by atoms with E-state index in [-0.39, 0.29) is 19.0 Å². The van der Waals surface area contributed by atoms with E-state index in [9.17, 15) is 4.79 Å². The van der Waals surface area contributed by atoms with Gasteiger partial charge in [-0.25, -0.2) is 0 Å². The lowest BCUT2D eigenvalue weighted by atomic mass is 9.89. The van der Waals surface area contributed by atoms with E-state index in [1.165, 1.54) is 0 Å². The summed E-state index contributed by atoms with van der Waals surface area (Å²) in [4.78, 5) is 12.2. The van der Waals surface area contributed by atoms with Gasteiger partial charge in [0.05, 0.1) is 12.6 Å². The molecule has 0 amide bonds. The van der Waals surface area contributed by atoms with Crippen molar-refractivity contribution in [2.45, 2.75) is 18.6 Å². The summed E-state index contributed by atoms with van der Waals surface area (Å²) in [6.07, 6.45) is 1.67. The molecule has 0 aromatic heterocycles. The average molecular weight is 293 g/mol. The van der Waals surface area contributed by atoms with Crippen molar-refractivity contribution in [2.24, 2.45) is 15.4 Å². The first-order chi connectivity index (χ1) is 10.8. The Morgan fingerprint density at radius 1 is 1.00 bits per heavy atom. The number of carbonyl (C=O) groups is 1. The van der Waals surface area contributed by atoms with E-state index in [2.05, 4.69) is 15.4 Å². The van der Waals surface area contributed by atoms with Gasteiger partial charge in [-0.2, -0.15) is 5.11 Å². The number of rotatable bonds is 5. The zero-order chi connectivity index (χ0) is 15.3. The minimum Gasteiger partial charge on any atom is -0.461 e. The topological polar surface area (TPSA) is 63.4 Å². The van der Waals surface area contributed by atoms with Crippen LogP contribution in [0.1, 0.15) is 17.5 Å². The standard InChI is InChI=1S/C17H15N3O2/c21-16(22-12-14-7-3-1-4-8-14)11-17(13-18-20-19-17)15-9-5-2-6-10-15/h1-10,13H,11-12H2. The summed E-state index contributed by atoms with van der Waals surface area (Å²) < 4.78 is 5.33. The van der Waals surface area contributed by atoms with Crippen LogP contribution >= 0.6 is 0 Å². The third kappa shape index (κ3) is 3.09. The van der Waals surface area contributed by atoms with E-state index in [4.69, 9.17) is 4.74 Å². The first-order valence-corrected chi connectivity index (χ1v) is 7.00. The normalized spacial score (nSPS) is 19.3. The van der Waals surface area contributed by atoms with E-state index in [0.717, 1.165) is 11.1 Å². The first-order valence-electron chi connectivity index (χ1n) is 7.00. The Bertz CT molecular complexity index is 684. The lowest BCUT2D eigenvalue weighted by Gasteiger charge is -2.20. The molecule has 1 unspecified atom stereocenters. The second-order valence-electron chi connectivity index (χ2n) is 5.05. The molecule has 110 valence electrons. The van der Waals surface area contributed by atoms with Crippen molar-refractivity contribution in [3.63, 3.8) is 0 Å². The minimum atomic E-state index is -0.852. The molecule has 0 N–H and O–H groups in total. The van der Waals surface area contributed by atoms with Crippen LogP contribution < -0.4 is 0 Å². The Morgan fingerprint density at radius 2 is 1.68 bits per heavy atom. The van der Waals surface area contributed by atoms with Crippen LogP contribution in [0, 0.1) is 0 Å². The van der Waals surface area contributed by atoms with Gasteiger partial charge in [0.25, 0.3) is 0 Å². The quantitative estimate of drug-likeness (QED) is 0.792. The lowest BCUT2D eigenvalue weighted by Crippen LogP contribution is -2.28. The summed E-state index contributed by atoms with van der Waals surface area (Å²) in [6.45, 7) is 0.249. The molecule has 0 aliphatic carbocycles. The van der Waals surface area contributed by atoms with E-state index < -0.39 is 5.54 Å². The van der Waals surface area contributed by atoms with Crippen molar-refractivity contribution in [3.05, 3.63) is 71.8 Å². The Kier molecular flexibility index (Phi) is 4.05. The van der Waals surface area contributed by atoms with E-state index >= 15 is 0 Å². The summed E-state index contributed by atoms with van der Waals surface area (Å²) in [5, 5.41) is 11.6. The molecule has 0 spiro atoms. The van der Waals surface area contributed by atoms with Crippen LogP contribution in [0.25, 0.3) is 0 Å². The van der Waals surface area contributed by atoms with Gasteiger partial charge in [0.2, 0.25) is 0 Å². The van der Waals surface area contributed by atoms with E-state index in [1.54, 1.807) is 6.21 Å². The number of benzene rings is 2. The van der Waals surface area contributed by atoms with Crippen molar-refractivity contribution in [1.29, 1.82) is 0 Å². The summed E-state index contributed by atoms with van der Waals surface area (Å²) in [5.41, 5.74) is 0.970. The van der Waals surface area contributed by atoms with Crippen LogP contribution in [0.5, 0.6) is 0 Å². The van der Waals surface area contributed by atoms with Gasteiger partial charge in [-0.05, 0) is 16.4 Å². The predicted molar refractivity (Wildman–Crippen MR) is 82.3 cm³/mol. The number of carbonyl (C=O) groups excluding carboxylic acids is 1. The van der Waals surface area contributed by atoms with Crippen LogP contribution in [-0.4, -0.2) is 12.2 Å². The molecule has 5 nitrogen and oxygen atoms in total. The van der Waals surface area contributed by atoms with Crippen molar-refractivity contribution >= 4 is 12.2 Å². The SMILES string of the molecule is O=C(CC1(c2ccccc2)C=NN=N1)OCc1ccccc1. The maximum atomic E-state index is 12.2. The van der Waals surface area contributed by atoms with Gasteiger partial charge < -0.3 is 4.74 Å². The largest absolute Gasteiger partial charge is 0.461 e. The highest BCUT2D eigenvalue weighted by molar-refractivity contribution is 5.83. The van der Waals surface area contributed by atoms with Crippen LogP contribution in [0.15, 0.2) is 76.1 Å². The predicted octanol–water partition coefficient (Wildman–Crippen LogP) is 3.47. The van der Waals surface area contributed by atoms with E-state index in [0.29, 0.717) is 0 Å². The highest BCUT2D eigenvalue weighted by atomic mass is 16.5. The molecule has 1 aliphatic heterocycles. The molecule has 0 saturated heterocycles. The minimum absolute atomic E-state index is 0.0802. The van der Waals surface area contributed by atoms with Crippen molar-refractivity contribution < 1.29 is 9.53 Å². The van der Waals surface area contributed by atoms with Crippen molar-refractivity contribution in [2.75, 3.05) is 0 Å². The Labute approximate surface area is 128 Å². The monoisotopic (exact) mass is 293 g/mol. The molecule has 1 atom stereocenters. The highest BCUT2D eigenvalue weighted by Crippen LogP contribution is 2.31. The van der Waals surface area contributed by atoms with Gasteiger partial charge >= 0.3 is 5.97 Å².